The van der Waals surface area contributed by atoms with Gasteiger partial charge < -0.3 is 9.84 Å². The molecule has 6 heteroatoms. The Morgan fingerprint density at radius 3 is 2.42 bits per heavy atom. The van der Waals surface area contributed by atoms with E-state index in [4.69, 9.17) is 4.74 Å². The summed E-state index contributed by atoms with van der Waals surface area (Å²) >= 11 is 0. The van der Waals surface area contributed by atoms with Crippen molar-refractivity contribution >= 4 is 17.8 Å². The SMILES string of the molecule is CC1(C(=O)O)COCC1N1C(=O)C2CCCC2C1=O. The zero-order valence-electron chi connectivity index (χ0n) is 10.8. The van der Waals surface area contributed by atoms with Crippen LogP contribution in [0.15, 0.2) is 0 Å². The third-order valence-corrected chi connectivity index (χ3v) is 4.84. The van der Waals surface area contributed by atoms with Crippen molar-refractivity contribution in [2.75, 3.05) is 13.2 Å². The van der Waals surface area contributed by atoms with E-state index >= 15 is 0 Å². The maximum atomic E-state index is 12.4. The van der Waals surface area contributed by atoms with Gasteiger partial charge in [-0.15, -0.1) is 0 Å². The second kappa shape index (κ2) is 4.03. The molecular weight excluding hydrogens is 250 g/mol. The van der Waals surface area contributed by atoms with Crippen molar-refractivity contribution in [3.8, 4) is 0 Å². The van der Waals surface area contributed by atoms with Crippen molar-refractivity contribution in [1.29, 1.82) is 0 Å². The van der Waals surface area contributed by atoms with E-state index in [2.05, 4.69) is 0 Å². The van der Waals surface area contributed by atoms with E-state index in [-0.39, 0.29) is 36.9 Å². The molecule has 6 nitrogen and oxygen atoms in total. The van der Waals surface area contributed by atoms with Gasteiger partial charge in [-0.2, -0.15) is 0 Å². The first-order chi connectivity index (χ1) is 8.97. The molecule has 0 spiro atoms. The van der Waals surface area contributed by atoms with Gasteiger partial charge in [0.1, 0.15) is 5.41 Å². The summed E-state index contributed by atoms with van der Waals surface area (Å²) in [6, 6.07) is -0.671. The van der Waals surface area contributed by atoms with Crippen LogP contribution in [0.3, 0.4) is 0 Å². The van der Waals surface area contributed by atoms with Crippen LogP contribution < -0.4 is 0 Å². The molecule has 1 N–H and O–H groups in total. The molecule has 19 heavy (non-hydrogen) atoms. The number of likely N-dealkylation sites (tertiary alicyclic amines) is 1. The van der Waals surface area contributed by atoms with Crippen LogP contribution in [-0.4, -0.2) is 47.0 Å². The van der Waals surface area contributed by atoms with Crippen molar-refractivity contribution in [1.82, 2.24) is 4.90 Å². The molecule has 0 aromatic carbocycles. The first kappa shape index (κ1) is 12.6. The van der Waals surface area contributed by atoms with E-state index in [0.717, 1.165) is 19.3 Å². The number of ether oxygens (including phenoxy) is 1. The Morgan fingerprint density at radius 1 is 1.32 bits per heavy atom. The van der Waals surface area contributed by atoms with Gasteiger partial charge in [-0.1, -0.05) is 6.42 Å². The Kier molecular flexibility index (Phi) is 2.67. The van der Waals surface area contributed by atoms with Crippen molar-refractivity contribution in [2.45, 2.75) is 32.2 Å². The van der Waals surface area contributed by atoms with Gasteiger partial charge in [0, 0.05) is 0 Å². The molecule has 1 saturated carbocycles. The Labute approximate surface area is 110 Å². The quantitative estimate of drug-likeness (QED) is 0.726. The molecule has 1 aliphatic carbocycles. The van der Waals surface area contributed by atoms with E-state index in [0.29, 0.717) is 0 Å². The molecule has 2 heterocycles. The molecule has 2 amide bonds. The molecule has 0 aromatic rings. The number of amides is 2. The average molecular weight is 267 g/mol. The summed E-state index contributed by atoms with van der Waals surface area (Å²) in [5, 5.41) is 9.35. The van der Waals surface area contributed by atoms with E-state index in [1.165, 1.54) is 4.90 Å². The number of rotatable bonds is 2. The second-order valence-electron chi connectivity index (χ2n) is 5.94. The van der Waals surface area contributed by atoms with Crippen LogP contribution in [0.25, 0.3) is 0 Å². The first-order valence-electron chi connectivity index (χ1n) is 6.65. The number of carboxylic acids is 1. The Bertz CT molecular complexity index is 440. The standard InChI is InChI=1S/C13H17NO5/c1-13(12(17)18)6-19-5-9(13)14-10(15)7-3-2-4-8(7)11(14)16/h7-9H,2-6H2,1H3,(H,17,18). The zero-order valence-corrected chi connectivity index (χ0v) is 10.8. The van der Waals surface area contributed by atoms with Crippen molar-refractivity contribution < 1.29 is 24.2 Å². The summed E-state index contributed by atoms with van der Waals surface area (Å²) in [4.78, 5) is 37.3. The van der Waals surface area contributed by atoms with Crippen LogP contribution in [0.5, 0.6) is 0 Å². The van der Waals surface area contributed by atoms with Crippen LogP contribution >= 0.6 is 0 Å². The van der Waals surface area contributed by atoms with Crippen molar-refractivity contribution in [3.05, 3.63) is 0 Å². The first-order valence-corrected chi connectivity index (χ1v) is 6.65. The number of hydrogen-bond acceptors (Lipinski definition) is 4. The average Bonchev–Trinajstić information content (AvgIpc) is 3.01. The normalized spacial score (nSPS) is 41.9. The van der Waals surface area contributed by atoms with Gasteiger partial charge >= 0.3 is 5.97 Å². The number of aliphatic carboxylic acids is 1. The summed E-state index contributed by atoms with van der Waals surface area (Å²) in [6.07, 6.45) is 2.38. The summed E-state index contributed by atoms with van der Waals surface area (Å²) in [6.45, 7) is 1.71. The topological polar surface area (TPSA) is 83.9 Å². The third-order valence-electron chi connectivity index (χ3n) is 4.84. The minimum atomic E-state index is -1.19. The lowest BCUT2D eigenvalue weighted by Gasteiger charge is -2.31. The molecular formula is C13H17NO5. The fraction of sp³-hybridized carbons (Fsp3) is 0.769. The van der Waals surface area contributed by atoms with E-state index in [9.17, 15) is 19.5 Å². The molecule has 0 aromatic heterocycles. The minimum absolute atomic E-state index is 0.0411. The monoisotopic (exact) mass is 267 g/mol. The highest BCUT2D eigenvalue weighted by Gasteiger charge is 2.58. The molecule has 0 radical (unpaired) electrons. The maximum absolute atomic E-state index is 12.4. The molecule has 2 saturated heterocycles. The fourth-order valence-corrected chi connectivity index (χ4v) is 3.55. The Balaban J connectivity index is 1.92. The highest BCUT2D eigenvalue weighted by atomic mass is 16.5. The summed E-state index contributed by atoms with van der Waals surface area (Å²) in [5.41, 5.74) is -1.19. The molecule has 3 rings (SSSR count). The predicted octanol–water partition coefficient (Wildman–Crippen LogP) is 0.261. The lowest BCUT2D eigenvalue weighted by atomic mass is 9.84. The van der Waals surface area contributed by atoms with Gasteiger partial charge in [-0.3, -0.25) is 19.3 Å². The summed E-state index contributed by atoms with van der Waals surface area (Å²) in [7, 11) is 0. The van der Waals surface area contributed by atoms with Crippen molar-refractivity contribution in [2.24, 2.45) is 17.3 Å². The molecule has 104 valence electrons. The van der Waals surface area contributed by atoms with Gasteiger partial charge in [0.15, 0.2) is 0 Å². The van der Waals surface area contributed by atoms with Gasteiger partial charge in [0.25, 0.3) is 0 Å². The fourth-order valence-electron chi connectivity index (χ4n) is 3.55. The summed E-state index contributed by atoms with van der Waals surface area (Å²) in [5.74, 6) is -1.88. The number of imide groups is 1. The van der Waals surface area contributed by atoms with Crippen LogP contribution in [0.2, 0.25) is 0 Å². The van der Waals surface area contributed by atoms with E-state index in [1.54, 1.807) is 6.92 Å². The Hall–Kier alpha value is -1.43. The van der Waals surface area contributed by atoms with E-state index in [1.807, 2.05) is 0 Å². The van der Waals surface area contributed by atoms with Crippen molar-refractivity contribution in [3.63, 3.8) is 0 Å². The minimum Gasteiger partial charge on any atom is -0.481 e. The predicted molar refractivity (Wildman–Crippen MR) is 63.0 cm³/mol. The van der Waals surface area contributed by atoms with Crippen LogP contribution in [0.4, 0.5) is 0 Å². The molecule has 4 unspecified atom stereocenters. The highest BCUT2D eigenvalue weighted by Crippen LogP contribution is 2.44. The largest absolute Gasteiger partial charge is 0.481 e. The number of nitrogens with zero attached hydrogens (tertiary/aromatic N) is 1. The number of carboxylic acid groups (broad SMARTS) is 1. The summed E-state index contributed by atoms with van der Waals surface area (Å²) < 4.78 is 5.24. The second-order valence-corrected chi connectivity index (χ2v) is 5.94. The van der Waals surface area contributed by atoms with E-state index < -0.39 is 17.4 Å². The van der Waals surface area contributed by atoms with Crippen LogP contribution in [-0.2, 0) is 19.1 Å². The zero-order chi connectivity index (χ0) is 13.8. The molecule has 0 bridgehead atoms. The molecule has 3 fully saturated rings. The van der Waals surface area contributed by atoms with Gasteiger partial charge in [-0.25, -0.2) is 0 Å². The maximum Gasteiger partial charge on any atom is 0.313 e. The van der Waals surface area contributed by atoms with Gasteiger partial charge in [0.05, 0.1) is 31.1 Å². The smallest absolute Gasteiger partial charge is 0.313 e. The Morgan fingerprint density at radius 2 is 1.89 bits per heavy atom. The lowest BCUT2D eigenvalue weighted by molar-refractivity contribution is -0.154. The third kappa shape index (κ3) is 1.55. The highest BCUT2D eigenvalue weighted by molar-refractivity contribution is 6.06. The number of fused-ring (bicyclic) bond motifs is 1. The number of carbonyl (C=O) groups excluding carboxylic acids is 2. The number of hydrogen-bond donors (Lipinski definition) is 1. The molecule has 2 aliphatic heterocycles. The van der Waals surface area contributed by atoms with Crippen LogP contribution in [0.1, 0.15) is 26.2 Å². The lowest BCUT2D eigenvalue weighted by Crippen LogP contribution is -2.52. The molecule has 3 aliphatic rings. The van der Waals surface area contributed by atoms with Gasteiger partial charge in [0.2, 0.25) is 11.8 Å². The number of carbonyl (C=O) groups is 3. The molecule has 4 atom stereocenters. The van der Waals surface area contributed by atoms with Gasteiger partial charge in [-0.05, 0) is 19.8 Å². The van der Waals surface area contributed by atoms with Crippen LogP contribution in [0, 0.1) is 17.3 Å².